The number of nitrogens with one attached hydrogen (secondary N) is 1. The summed E-state index contributed by atoms with van der Waals surface area (Å²) in [6.07, 6.45) is 0. The molecule has 0 radical (unpaired) electrons. The van der Waals surface area contributed by atoms with Crippen LogP contribution in [0.1, 0.15) is 27.4 Å². The number of carbonyl (C=O) groups is 1. The standard InChI is InChI=1S/C22H20ClN5O2/c1-12-5-10-18(30-4)17(11-12)24-22(29)20-14(3)28-21(26-25-20)19(13(2)27-28)15-6-8-16(23)9-7-15/h5-11H,1-4H3,(H,24,29). The maximum Gasteiger partial charge on any atom is 0.278 e. The van der Waals surface area contributed by atoms with E-state index in [2.05, 4.69) is 20.6 Å². The molecule has 0 saturated heterocycles. The van der Waals surface area contributed by atoms with E-state index in [1.807, 2.05) is 56.3 Å². The van der Waals surface area contributed by atoms with Crippen LogP contribution in [0.25, 0.3) is 16.8 Å². The Hall–Kier alpha value is -3.45. The van der Waals surface area contributed by atoms with Gasteiger partial charge in [0.15, 0.2) is 11.3 Å². The van der Waals surface area contributed by atoms with Gasteiger partial charge in [-0.05, 0) is 56.2 Å². The van der Waals surface area contributed by atoms with E-state index in [4.69, 9.17) is 16.3 Å². The van der Waals surface area contributed by atoms with Gasteiger partial charge in [0, 0.05) is 5.02 Å². The van der Waals surface area contributed by atoms with Gasteiger partial charge in [0.05, 0.1) is 29.7 Å². The summed E-state index contributed by atoms with van der Waals surface area (Å²) < 4.78 is 6.98. The first-order valence-corrected chi connectivity index (χ1v) is 9.71. The molecule has 0 aliphatic carbocycles. The van der Waals surface area contributed by atoms with Gasteiger partial charge in [0.1, 0.15) is 5.75 Å². The smallest absolute Gasteiger partial charge is 0.278 e. The molecule has 0 bridgehead atoms. The Labute approximate surface area is 178 Å². The third-order valence-corrected chi connectivity index (χ3v) is 5.14. The van der Waals surface area contributed by atoms with Crippen molar-refractivity contribution in [2.75, 3.05) is 12.4 Å². The number of anilines is 1. The van der Waals surface area contributed by atoms with Crippen molar-refractivity contribution in [2.24, 2.45) is 0 Å². The van der Waals surface area contributed by atoms with E-state index in [0.29, 0.717) is 27.8 Å². The van der Waals surface area contributed by atoms with Crippen molar-refractivity contribution in [1.82, 2.24) is 19.8 Å². The van der Waals surface area contributed by atoms with Crippen LogP contribution in [-0.2, 0) is 0 Å². The summed E-state index contributed by atoms with van der Waals surface area (Å²) in [4.78, 5) is 12.9. The molecule has 4 aromatic rings. The molecular weight excluding hydrogens is 402 g/mol. The molecule has 1 N–H and O–H groups in total. The van der Waals surface area contributed by atoms with Crippen LogP contribution in [0.15, 0.2) is 42.5 Å². The Morgan fingerprint density at radius 1 is 1.07 bits per heavy atom. The van der Waals surface area contributed by atoms with Gasteiger partial charge >= 0.3 is 0 Å². The number of hydrogen-bond acceptors (Lipinski definition) is 5. The van der Waals surface area contributed by atoms with Crippen molar-refractivity contribution in [2.45, 2.75) is 20.8 Å². The van der Waals surface area contributed by atoms with Crippen LogP contribution in [-0.4, -0.2) is 32.8 Å². The number of benzene rings is 2. The predicted octanol–water partition coefficient (Wildman–Crippen LogP) is 4.63. The monoisotopic (exact) mass is 421 g/mol. The lowest BCUT2D eigenvalue weighted by Crippen LogP contribution is -2.19. The van der Waals surface area contributed by atoms with Gasteiger partial charge in [-0.3, -0.25) is 4.79 Å². The fourth-order valence-corrected chi connectivity index (χ4v) is 3.50. The molecule has 2 aromatic carbocycles. The first-order chi connectivity index (χ1) is 14.4. The minimum absolute atomic E-state index is 0.191. The van der Waals surface area contributed by atoms with Gasteiger partial charge in [-0.1, -0.05) is 29.8 Å². The molecule has 7 nitrogen and oxygen atoms in total. The fourth-order valence-electron chi connectivity index (χ4n) is 3.38. The largest absolute Gasteiger partial charge is 0.495 e. The highest BCUT2D eigenvalue weighted by molar-refractivity contribution is 6.30. The summed E-state index contributed by atoms with van der Waals surface area (Å²) >= 11 is 6.01. The van der Waals surface area contributed by atoms with Gasteiger partial charge in [0.2, 0.25) is 0 Å². The number of halogens is 1. The SMILES string of the molecule is COc1ccc(C)cc1NC(=O)c1nnc2c(-c3ccc(Cl)cc3)c(C)nn2c1C. The topological polar surface area (TPSA) is 81.4 Å². The zero-order chi connectivity index (χ0) is 21.4. The molecule has 152 valence electrons. The van der Waals surface area contributed by atoms with Gasteiger partial charge in [-0.15, -0.1) is 10.2 Å². The number of carbonyl (C=O) groups excluding carboxylic acids is 1. The number of fused-ring (bicyclic) bond motifs is 1. The van der Waals surface area contributed by atoms with Gasteiger partial charge in [-0.2, -0.15) is 5.10 Å². The Morgan fingerprint density at radius 2 is 1.80 bits per heavy atom. The first-order valence-electron chi connectivity index (χ1n) is 9.33. The highest BCUT2D eigenvalue weighted by atomic mass is 35.5. The average Bonchev–Trinajstić information content (AvgIpc) is 3.06. The second-order valence-electron chi connectivity index (χ2n) is 6.99. The molecule has 0 fully saturated rings. The Morgan fingerprint density at radius 3 is 2.50 bits per heavy atom. The molecule has 2 aromatic heterocycles. The molecule has 0 spiro atoms. The molecule has 0 aliphatic rings. The highest BCUT2D eigenvalue weighted by Crippen LogP contribution is 2.29. The number of rotatable bonds is 4. The van der Waals surface area contributed by atoms with E-state index in [-0.39, 0.29) is 11.6 Å². The van der Waals surface area contributed by atoms with E-state index in [9.17, 15) is 4.79 Å². The summed E-state index contributed by atoms with van der Waals surface area (Å²) in [6.45, 7) is 5.63. The number of amides is 1. The number of methoxy groups -OCH3 is 1. The van der Waals surface area contributed by atoms with Crippen molar-refractivity contribution in [3.05, 3.63) is 70.1 Å². The molecule has 4 rings (SSSR count). The van der Waals surface area contributed by atoms with Crippen molar-refractivity contribution >= 4 is 28.8 Å². The van der Waals surface area contributed by atoms with E-state index in [1.54, 1.807) is 18.5 Å². The van der Waals surface area contributed by atoms with Crippen LogP contribution in [0.4, 0.5) is 5.69 Å². The first kappa shape index (κ1) is 19.8. The van der Waals surface area contributed by atoms with Crippen LogP contribution >= 0.6 is 11.6 Å². The van der Waals surface area contributed by atoms with Crippen molar-refractivity contribution in [3.63, 3.8) is 0 Å². The summed E-state index contributed by atoms with van der Waals surface area (Å²) in [5.41, 5.74) is 5.51. The number of nitrogens with zero attached hydrogens (tertiary/aromatic N) is 4. The number of aromatic nitrogens is 4. The quantitative estimate of drug-likeness (QED) is 0.519. The normalized spacial score (nSPS) is 11.0. The summed E-state index contributed by atoms with van der Waals surface area (Å²) in [6, 6.07) is 13.0. The van der Waals surface area contributed by atoms with Crippen LogP contribution in [0, 0.1) is 20.8 Å². The van der Waals surface area contributed by atoms with Crippen LogP contribution < -0.4 is 10.1 Å². The summed E-state index contributed by atoms with van der Waals surface area (Å²) in [5.74, 6) is 0.188. The molecule has 30 heavy (non-hydrogen) atoms. The average molecular weight is 422 g/mol. The maximum atomic E-state index is 12.9. The lowest BCUT2D eigenvalue weighted by atomic mass is 10.1. The molecule has 2 heterocycles. The molecule has 0 unspecified atom stereocenters. The predicted molar refractivity (Wildman–Crippen MR) is 116 cm³/mol. The Bertz CT molecular complexity index is 1260. The molecule has 1 amide bonds. The third-order valence-electron chi connectivity index (χ3n) is 4.89. The van der Waals surface area contributed by atoms with Crippen LogP contribution in [0.5, 0.6) is 5.75 Å². The Balaban J connectivity index is 1.75. The zero-order valence-electron chi connectivity index (χ0n) is 17.0. The lowest BCUT2D eigenvalue weighted by molar-refractivity contribution is 0.101. The zero-order valence-corrected chi connectivity index (χ0v) is 17.8. The van der Waals surface area contributed by atoms with E-state index >= 15 is 0 Å². The fraction of sp³-hybridized carbons (Fsp3) is 0.182. The lowest BCUT2D eigenvalue weighted by Gasteiger charge is -2.11. The summed E-state index contributed by atoms with van der Waals surface area (Å²) in [7, 11) is 1.56. The second-order valence-corrected chi connectivity index (χ2v) is 7.43. The number of ether oxygens (including phenoxy) is 1. The Kier molecular flexibility index (Phi) is 5.13. The highest BCUT2D eigenvalue weighted by Gasteiger charge is 2.21. The van der Waals surface area contributed by atoms with E-state index in [0.717, 1.165) is 22.4 Å². The summed E-state index contributed by atoms with van der Waals surface area (Å²) in [5, 5.41) is 16.6. The number of hydrogen-bond donors (Lipinski definition) is 1. The molecular formula is C22H20ClN5O2. The molecule has 0 aliphatic heterocycles. The maximum absolute atomic E-state index is 12.9. The van der Waals surface area contributed by atoms with Crippen molar-refractivity contribution in [1.29, 1.82) is 0 Å². The molecule has 0 atom stereocenters. The van der Waals surface area contributed by atoms with Gasteiger partial charge < -0.3 is 10.1 Å². The third kappa shape index (κ3) is 3.48. The van der Waals surface area contributed by atoms with Crippen molar-refractivity contribution in [3.8, 4) is 16.9 Å². The van der Waals surface area contributed by atoms with E-state index in [1.165, 1.54) is 0 Å². The number of aryl methyl sites for hydroxylation is 3. The minimum atomic E-state index is -0.382. The van der Waals surface area contributed by atoms with Gasteiger partial charge in [-0.25, -0.2) is 4.52 Å². The molecule has 0 saturated carbocycles. The van der Waals surface area contributed by atoms with Crippen LogP contribution in [0.3, 0.4) is 0 Å². The molecule has 8 heteroatoms. The van der Waals surface area contributed by atoms with E-state index < -0.39 is 0 Å². The minimum Gasteiger partial charge on any atom is -0.495 e. The van der Waals surface area contributed by atoms with Crippen LogP contribution in [0.2, 0.25) is 5.02 Å². The van der Waals surface area contributed by atoms with Gasteiger partial charge in [0.25, 0.3) is 5.91 Å². The second kappa shape index (κ2) is 7.76. The van der Waals surface area contributed by atoms with Crippen molar-refractivity contribution < 1.29 is 9.53 Å².